The van der Waals surface area contributed by atoms with Crippen molar-refractivity contribution in [3.05, 3.63) is 129 Å². The molecule has 8 rings (SSSR count). The molecule has 0 aliphatic carbocycles. The summed E-state index contributed by atoms with van der Waals surface area (Å²) in [5.41, 5.74) is 14.1. The SMILES string of the molecule is Cc1ccc(CCn2c3c(c4cc(C(C)N5CCCc6c(c7cc(F)ccc7n6CCc6ccc(C)nc6)C5)ccc42)CN(C)CCC3)cn1. The zero-order chi connectivity index (χ0) is 34.4. The standard InChI is InChI=1S/C43H49FN6/c1-29-9-11-32(25-45-29)17-21-49-40-7-5-19-47(4)27-38(40)36-23-34(13-15-42(36)49)31(3)48-20-6-8-41-39(28-48)37-24-35(44)14-16-43(37)50(41)22-18-33-12-10-30(2)46-26-33/h9-16,23-26,31H,5-8,17-22,27-28H2,1-4H3. The van der Waals surface area contributed by atoms with E-state index in [-0.39, 0.29) is 11.9 Å². The first kappa shape index (κ1) is 32.9. The highest BCUT2D eigenvalue weighted by atomic mass is 19.1. The van der Waals surface area contributed by atoms with Crippen LogP contribution in [-0.2, 0) is 51.9 Å². The molecule has 7 heteroatoms. The largest absolute Gasteiger partial charge is 0.344 e. The van der Waals surface area contributed by atoms with Crippen LogP contribution in [0.25, 0.3) is 21.8 Å². The number of aryl methyl sites for hydroxylation is 6. The van der Waals surface area contributed by atoms with Crippen molar-refractivity contribution in [2.75, 3.05) is 20.1 Å². The third kappa shape index (κ3) is 6.38. The molecule has 0 radical (unpaired) electrons. The number of halogens is 1. The molecule has 0 saturated carbocycles. The number of hydrogen-bond acceptors (Lipinski definition) is 4. The minimum absolute atomic E-state index is 0.164. The van der Waals surface area contributed by atoms with Gasteiger partial charge in [-0.1, -0.05) is 18.2 Å². The zero-order valence-electron chi connectivity index (χ0n) is 30.1. The second-order valence-electron chi connectivity index (χ2n) is 14.8. The molecule has 0 fully saturated rings. The highest BCUT2D eigenvalue weighted by Gasteiger charge is 2.27. The first-order valence-electron chi connectivity index (χ1n) is 18.5. The fourth-order valence-corrected chi connectivity index (χ4v) is 8.55. The van der Waals surface area contributed by atoms with Crippen LogP contribution in [0.1, 0.15) is 76.4 Å². The molecule has 6 heterocycles. The van der Waals surface area contributed by atoms with Gasteiger partial charge in [0.15, 0.2) is 0 Å². The number of pyridine rings is 2. The van der Waals surface area contributed by atoms with Crippen molar-refractivity contribution >= 4 is 21.8 Å². The molecular weight excluding hydrogens is 620 g/mol. The smallest absolute Gasteiger partial charge is 0.123 e. The van der Waals surface area contributed by atoms with Gasteiger partial charge < -0.3 is 14.0 Å². The van der Waals surface area contributed by atoms with Crippen LogP contribution in [0.2, 0.25) is 0 Å². The molecular formula is C43H49FN6. The van der Waals surface area contributed by atoms with Crippen LogP contribution in [-0.4, -0.2) is 49.0 Å². The van der Waals surface area contributed by atoms with Crippen molar-refractivity contribution in [2.24, 2.45) is 0 Å². The Hall–Kier alpha value is -4.33. The Bertz CT molecular complexity index is 2140. The second kappa shape index (κ2) is 13.8. The van der Waals surface area contributed by atoms with E-state index in [0.29, 0.717) is 0 Å². The van der Waals surface area contributed by atoms with Crippen molar-refractivity contribution in [3.63, 3.8) is 0 Å². The van der Waals surface area contributed by atoms with Gasteiger partial charge in [-0.05, 0) is 150 Å². The van der Waals surface area contributed by atoms with E-state index >= 15 is 0 Å². The van der Waals surface area contributed by atoms with Crippen LogP contribution < -0.4 is 0 Å². The molecule has 50 heavy (non-hydrogen) atoms. The maximum absolute atomic E-state index is 14.8. The summed E-state index contributed by atoms with van der Waals surface area (Å²) < 4.78 is 19.9. The predicted molar refractivity (Wildman–Crippen MR) is 201 cm³/mol. The molecule has 2 aromatic carbocycles. The van der Waals surface area contributed by atoms with E-state index in [9.17, 15) is 4.39 Å². The minimum atomic E-state index is -0.164. The van der Waals surface area contributed by atoms with Gasteiger partial charge in [-0.25, -0.2) is 4.39 Å². The topological polar surface area (TPSA) is 42.1 Å². The van der Waals surface area contributed by atoms with Gasteiger partial charge in [-0.2, -0.15) is 0 Å². The van der Waals surface area contributed by atoms with Crippen LogP contribution in [0, 0.1) is 19.7 Å². The van der Waals surface area contributed by atoms with Crippen LogP contribution in [0.15, 0.2) is 73.1 Å². The Labute approximate surface area is 295 Å². The van der Waals surface area contributed by atoms with Gasteiger partial charge in [0.2, 0.25) is 0 Å². The lowest BCUT2D eigenvalue weighted by Crippen LogP contribution is -2.26. The monoisotopic (exact) mass is 668 g/mol. The Morgan fingerprint density at radius 3 is 1.90 bits per heavy atom. The quantitative estimate of drug-likeness (QED) is 0.163. The van der Waals surface area contributed by atoms with Gasteiger partial charge in [0.1, 0.15) is 5.82 Å². The van der Waals surface area contributed by atoms with Crippen molar-refractivity contribution in [1.29, 1.82) is 0 Å². The summed E-state index contributed by atoms with van der Waals surface area (Å²) in [6.07, 6.45) is 10.3. The summed E-state index contributed by atoms with van der Waals surface area (Å²) in [4.78, 5) is 14.2. The third-order valence-corrected chi connectivity index (χ3v) is 11.4. The molecule has 2 aliphatic heterocycles. The number of aromatic nitrogens is 4. The fraction of sp³-hybridized carbons (Fsp3) is 0.395. The summed E-state index contributed by atoms with van der Waals surface area (Å²) in [5, 5.41) is 2.46. The van der Waals surface area contributed by atoms with Crippen molar-refractivity contribution in [2.45, 2.75) is 91.5 Å². The molecule has 0 bridgehead atoms. The number of benzene rings is 2. The Kier molecular flexibility index (Phi) is 9.04. The molecule has 0 spiro atoms. The number of nitrogens with zero attached hydrogens (tertiary/aromatic N) is 6. The molecule has 258 valence electrons. The average molecular weight is 669 g/mol. The number of hydrogen-bond donors (Lipinski definition) is 0. The molecule has 1 atom stereocenters. The lowest BCUT2D eigenvalue weighted by atomic mass is 10.0. The van der Waals surface area contributed by atoms with Gasteiger partial charge in [-0.3, -0.25) is 14.9 Å². The molecule has 0 amide bonds. The van der Waals surface area contributed by atoms with E-state index in [4.69, 9.17) is 0 Å². The molecule has 6 nitrogen and oxygen atoms in total. The van der Waals surface area contributed by atoms with Gasteiger partial charge >= 0.3 is 0 Å². The molecule has 1 unspecified atom stereocenters. The second-order valence-corrected chi connectivity index (χ2v) is 14.8. The molecule has 0 saturated heterocycles. The molecule has 6 aromatic rings. The maximum atomic E-state index is 14.8. The van der Waals surface area contributed by atoms with E-state index in [2.05, 4.69) is 85.3 Å². The maximum Gasteiger partial charge on any atom is 0.123 e. The van der Waals surface area contributed by atoms with E-state index < -0.39 is 0 Å². The van der Waals surface area contributed by atoms with Crippen molar-refractivity contribution in [3.8, 4) is 0 Å². The zero-order valence-corrected chi connectivity index (χ0v) is 30.1. The average Bonchev–Trinajstić information content (AvgIpc) is 3.33. The lowest BCUT2D eigenvalue weighted by molar-refractivity contribution is 0.205. The first-order chi connectivity index (χ1) is 24.3. The molecule has 2 aliphatic rings. The van der Waals surface area contributed by atoms with Gasteiger partial charge in [0, 0.05) is 89.2 Å². The van der Waals surface area contributed by atoms with Crippen molar-refractivity contribution < 1.29 is 4.39 Å². The van der Waals surface area contributed by atoms with Crippen LogP contribution in [0.5, 0.6) is 0 Å². The fourth-order valence-electron chi connectivity index (χ4n) is 8.55. The number of rotatable bonds is 8. The van der Waals surface area contributed by atoms with Crippen LogP contribution in [0.3, 0.4) is 0 Å². The van der Waals surface area contributed by atoms with Gasteiger partial charge in [0.05, 0.1) is 0 Å². The third-order valence-electron chi connectivity index (χ3n) is 11.4. The first-order valence-corrected chi connectivity index (χ1v) is 18.5. The van der Waals surface area contributed by atoms with Crippen molar-refractivity contribution in [1.82, 2.24) is 28.9 Å². The van der Waals surface area contributed by atoms with E-state index in [1.54, 1.807) is 12.1 Å². The summed E-state index contributed by atoms with van der Waals surface area (Å²) in [5.74, 6) is -0.164. The van der Waals surface area contributed by atoms with E-state index in [1.807, 2.05) is 32.3 Å². The molecule has 4 aromatic heterocycles. The highest BCUT2D eigenvalue weighted by molar-refractivity contribution is 5.87. The van der Waals surface area contributed by atoms with Gasteiger partial charge in [-0.15, -0.1) is 0 Å². The van der Waals surface area contributed by atoms with Crippen LogP contribution in [0.4, 0.5) is 4.39 Å². The Morgan fingerprint density at radius 1 is 0.700 bits per heavy atom. The van der Waals surface area contributed by atoms with E-state index in [0.717, 1.165) is 93.7 Å². The Balaban J connectivity index is 1.11. The summed E-state index contributed by atoms with van der Waals surface area (Å²) in [6.45, 7) is 12.2. The summed E-state index contributed by atoms with van der Waals surface area (Å²) >= 11 is 0. The van der Waals surface area contributed by atoms with E-state index in [1.165, 1.54) is 56.5 Å². The predicted octanol–water partition coefficient (Wildman–Crippen LogP) is 8.51. The normalized spacial score (nSPS) is 16.3. The lowest BCUT2D eigenvalue weighted by Gasteiger charge is -2.28. The summed E-state index contributed by atoms with van der Waals surface area (Å²) in [7, 11) is 2.26. The number of fused-ring (bicyclic) bond motifs is 6. The Morgan fingerprint density at radius 2 is 1.28 bits per heavy atom. The van der Waals surface area contributed by atoms with Gasteiger partial charge in [0.25, 0.3) is 0 Å². The highest BCUT2D eigenvalue weighted by Crippen LogP contribution is 2.37. The van der Waals surface area contributed by atoms with Crippen LogP contribution >= 0.6 is 0 Å². The minimum Gasteiger partial charge on any atom is -0.344 e. The summed E-state index contributed by atoms with van der Waals surface area (Å²) in [6, 6.07) is 21.4. The molecule has 0 N–H and O–H groups in total.